The number of nitro benzene ring substituents is 1. The summed E-state index contributed by atoms with van der Waals surface area (Å²) >= 11 is 1.57. The lowest BCUT2D eigenvalue weighted by molar-refractivity contribution is -0.386. The zero-order valence-electron chi connectivity index (χ0n) is 14.2. The lowest BCUT2D eigenvalue weighted by Gasteiger charge is -2.05. The minimum Gasteiger partial charge on any atom is -0.500 e. The predicted molar refractivity (Wildman–Crippen MR) is 99.4 cm³/mol. The molecule has 0 amide bonds. The van der Waals surface area contributed by atoms with Crippen LogP contribution in [-0.4, -0.2) is 33.3 Å². The van der Waals surface area contributed by atoms with Crippen LogP contribution in [0.2, 0.25) is 0 Å². The normalized spacial score (nSPS) is 11.2. The van der Waals surface area contributed by atoms with Crippen LogP contribution in [-0.2, 0) is 0 Å². The topological polar surface area (TPSA) is 123 Å². The zero-order valence-corrected chi connectivity index (χ0v) is 15.0. The summed E-state index contributed by atoms with van der Waals surface area (Å²) in [5, 5.41) is 25.8. The standard InChI is InChI=1S/C16H15N5O4S/c1-8-9(2)26-16-13(8)15(17-7-18-16)20-19-6-10-4-11(21(23)24)14(22)12(5-10)25-3/h4-7,22H,1-3H3,(H,17,18,20)/b19-6+. The van der Waals surface area contributed by atoms with E-state index in [2.05, 4.69) is 20.5 Å². The van der Waals surface area contributed by atoms with E-state index in [1.807, 2.05) is 13.8 Å². The molecule has 0 unspecified atom stereocenters. The van der Waals surface area contributed by atoms with Crippen molar-refractivity contribution in [3.8, 4) is 11.5 Å². The maximum Gasteiger partial charge on any atom is 0.315 e. The molecule has 3 rings (SSSR count). The number of rotatable bonds is 5. The van der Waals surface area contributed by atoms with Crippen LogP contribution in [0.5, 0.6) is 11.5 Å². The van der Waals surface area contributed by atoms with Crippen molar-refractivity contribution in [1.29, 1.82) is 0 Å². The number of aromatic nitrogens is 2. The number of fused-ring (bicyclic) bond motifs is 1. The maximum atomic E-state index is 11.0. The summed E-state index contributed by atoms with van der Waals surface area (Å²) in [6.45, 7) is 4.00. The second kappa shape index (κ2) is 6.92. The van der Waals surface area contributed by atoms with Crippen LogP contribution in [0.25, 0.3) is 10.2 Å². The van der Waals surface area contributed by atoms with E-state index in [0.717, 1.165) is 20.7 Å². The molecule has 26 heavy (non-hydrogen) atoms. The number of aromatic hydroxyl groups is 1. The van der Waals surface area contributed by atoms with Crippen LogP contribution >= 0.6 is 11.3 Å². The third kappa shape index (κ3) is 3.14. The van der Waals surface area contributed by atoms with Crippen LogP contribution in [0.3, 0.4) is 0 Å². The molecule has 0 bridgehead atoms. The molecule has 3 aromatic rings. The second-order valence-corrected chi connectivity index (χ2v) is 6.61. The molecule has 0 saturated heterocycles. The summed E-state index contributed by atoms with van der Waals surface area (Å²) in [4.78, 5) is 20.8. The second-order valence-electron chi connectivity index (χ2n) is 5.40. The monoisotopic (exact) mass is 373 g/mol. The van der Waals surface area contributed by atoms with Crippen molar-refractivity contribution in [2.24, 2.45) is 5.10 Å². The van der Waals surface area contributed by atoms with E-state index in [9.17, 15) is 15.2 Å². The fourth-order valence-electron chi connectivity index (χ4n) is 2.42. The highest BCUT2D eigenvalue weighted by molar-refractivity contribution is 7.18. The van der Waals surface area contributed by atoms with Gasteiger partial charge in [-0.15, -0.1) is 11.3 Å². The number of aryl methyl sites for hydroxylation is 2. The van der Waals surface area contributed by atoms with Crippen molar-refractivity contribution < 1.29 is 14.8 Å². The highest BCUT2D eigenvalue weighted by Crippen LogP contribution is 2.36. The molecule has 2 aromatic heterocycles. The Bertz CT molecular complexity index is 1030. The first-order valence-corrected chi connectivity index (χ1v) is 8.29. The average Bonchev–Trinajstić information content (AvgIpc) is 2.91. The first-order chi connectivity index (χ1) is 12.4. The average molecular weight is 373 g/mol. The van der Waals surface area contributed by atoms with Gasteiger partial charge < -0.3 is 9.84 Å². The van der Waals surface area contributed by atoms with Gasteiger partial charge in [0.2, 0.25) is 5.75 Å². The van der Waals surface area contributed by atoms with Gasteiger partial charge in [0.25, 0.3) is 0 Å². The molecule has 0 aliphatic carbocycles. The Morgan fingerprint density at radius 1 is 1.38 bits per heavy atom. The van der Waals surface area contributed by atoms with E-state index >= 15 is 0 Å². The smallest absolute Gasteiger partial charge is 0.315 e. The SMILES string of the molecule is COc1cc(/C=N/Nc2ncnc3sc(C)c(C)c23)cc([N+](=O)[O-])c1O. The first kappa shape index (κ1) is 17.5. The summed E-state index contributed by atoms with van der Waals surface area (Å²) in [5.74, 6) is 0.0206. The Balaban J connectivity index is 1.92. The van der Waals surface area contributed by atoms with Gasteiger partial charge in [-0.2, -0.15) is 5.10 Å². The van der Waals surface area contributed by atoms with Gasteiger partial charge >= 0.3 is 5.69 Å². The van der Waals surface area contributed by atoms with Crippen LogP contribution < -0.4 is 10.2 Å². The Hall–Kier alpha value is -3.27. The number of hydrogen-bond donors (Lipinski definition) is 2. The van der Waals surface area contributed by atoms with E-state index in [1.54, 1.807) is 11.3 Å². The molecule has 2 N–H and O–H groups in total. The summed E-state index contributed by atoms with van der Waals surface area (Å²) < 4.78 is 4.96. The number of nitrogens with zero attached hydrogens (tertiary/aromatic N) is 4. The summed E-state index contributed by atoms with van der Waals surface area (Å²) in [7, 11) is 1.32. The zero-order chi connectivity index (χ0) is 18.8. The van der Waals surface area contributed by atoms with Crippen LogP contribution in [0, 0.1) is 24.0 Å². The van der Waals surface area contributed by atoms with E-state index in [-0.39, 0.29) is 5.75 Å². The van der Waals surface area contributed by atoms with Crippen LogP contribution in [0.4, 0.5) is 11.5 Å². The Kier molecular flexibility index (Phi) is 4.67. The number of hydrogen-bond acceptors (Lipinski definition) is 9. The van der Waals surface area contributed by atoms with Crippen molar-refractivity contribution in [1.82, 2.24) is 9.97 Å². The Morgan fingerprint density at radius 3 is 2.85 bits per heavy atom. The molecule has 1 aromatic carbocycles. The van der Waals surface area contributed by atoms with Gasteiger partial charge in [-0.3, -0.25) is 15.5 Å². The quantitative estimate of drug-likeness (QED) is 0.399. The molecular weight excluding hydrogens is 358 g/mol. The molecule has 2 heterocycles. The number of nitrogens with one attached hydrogen (secondary N) is 1. The molecule has 10 heteroatoms. The number of nitro groups is 1. The third-order valence-electron chi connectivity index (χ3n) is 3.84. The van der Waals surface area contributed by atoms with Gasteiger partial charge in [-0.1, -0.05) is 0 Å². The van der Waals surface area contributed by atoms with Crippen molar-refractivity contribution in [3.63, 3.8) is 0 Å². The summed E-state index contributed by atoms with van der Waals surface area (Å²) in [5.41, 5.74) is 3.85. The van der Waals surface area contributed by atoms with Crippen molar-refractivity contribution in [3.05, 3.63) is 44.6 Å². The van der Waals surface area contributed by atoms with Crippen LogP contribution in [0.15, 0.2) is 23.6 Å². The number of phenols is 1. The Labute approximate surface area is 152 Å². The van der Waals surface area contributed by atoms with Crippen molar-refractivity contribution in [2.75, 3.05) is 12.5 Å². The molecule has 0 saturated carbocycles. The van der Waals surface area contributed by atoms with Gasteiger partial charge in [-0.05, 0) is 25.5 Å². The summed E-state index contributed by atoms with van der Waals surface area (Å²) in [6.07, 6.45) is 2.83. The van der Waals surface area contributed by atoms with Gasteiger partial charge in [0.05, 0.1) is 23.6 Å². The fraction of sp³-hybridized carbons (Fsp3) is 0.188. The number of hydrazone groups is 1. The predicted octanol–water partition coefficient (Wildman–Crippen LogP) is 3.38. The highest BCUT2D eigenvalue weighted by atomic mass is 32.1. The van der Waals surface area contributed by atoms with E-state index < -0.39 is 16.4 Å². The van der Waals surface area contributed by atoms with Gasteiger partial charge in [0.1, 0.15) is 11.2 Å². The lowest BCUT2D eigenvalue weighted by atomic mass is 10.2. The summed E-state index contributed by atoms with van der Waals surface area (Å²) in [6, 6.07) is 2.65. The third-order valence-corrected chi connectivity index (χ3v) is 4.96. The number of ether oxygens (including phenoxy) is 1. The molecule has 0 radical (unpaired) electrons. The molecule has 0 spiro atoms. The van der Waals surface area contributed by atoms with E-state index in [0.29, 0.717) is 11.4 Å². The molecule has 0 fully saturated rings. The minimum atomic E-state index is -0.686. The maximum absolute atomic E-state index is 11.0. The van der Waals surface area contributed by atoms with Gasteiger partial charge in [0, 0.05) is 16.5 Å². The van der Waals surface area contributed by atoms with Gasteiger partial charge in [0.15, 0.2) is 11.6 Å². The first-order valence-electron chi connectivity index (χ1n) is 7.47. The lowest BCUT2D eigenvalue weighted by Crippen LogP contribution is -1.97. The van der Waals surface area contributed by atoms with Crippen molar-refractivity contribution >= 4 is 39.3 Å². The highest BCUT2D eigenvalue weighted by Gasteiger charge is 2.19. The molecule has 0 aliphatic rings. The fourth-order valence-corrected chi connectivity index (χ4v) is 3.42. The number of phenolic OH excluding ortho intramolecular Hbond substituents is 1. The van der Waals surface area contributed by atoms with E-state index in [4.69, 9.17) is 4.74 Å². The molecule has 0 atom stereocenters. The molecule has 134 valence electrons. The number of methoxy groups -OCH3 is 1. The minimum absolute atomic E-state index is 0.00520. The number of thiophene rings is 1. The Morgan fingerprint density at radius 2 is 2.15 bits per heavy atom. The molecule has 9 nitrogen and oxygen atoms in total. The number of anilines is 1. The largest absolute Gasteiger partial charge is 0.500 e. The van der Waals surface area contributed by atoms with Crippen LogP contribution in [0.1, 0.15) is 16.0 Å². The van der Waals surface area contributed by atoms with Crippen molar-refractivity contribution in [2.45, 2.75) is 13.8 Å². The van der Waals surface area contributed by atoms with E-state index in [1.165, 1.54) is 31.8 Å². The van der Waals surface area contributed by atoms with Gasteiger partial charge in [-0.25, -0.2) is 9.97 Å². The molecular formula is C16H15N5O4S. The number of benzene rings is 1. The molecule has 0 aliphatic heterocycles.